The van der Waals surface area contributed by atoms with Crippen molar-refractivity contribution in [3.8, 4) is 22.8 Å². The summed E-state index contributed by atoms with van der Waals surface area (Å²) in [5, 5.41) is 3.52. The molecule has 0 fully saturated rings. The zero-order valence-electron chi connectivity index (χ0n) is 18.1. The number of hydrogen-bond donors (Lipinski definition) is 0. The molecule has 0 unspecified atom stereocenters. The minimum absolute atomic E-state index is 0.373. The van der Waals surface area contributed by atoms with E-state index in [1.165, 1.54) is 33.0 Å². The van der Waals surface area contributed by atoms with E-state index in [-0.39, 0.29) is 0 Å². The van der Waals surface area contributed by atoms with Gasteiger partial charge in [-0.1, -0.05) is 38.1 Å². The summed E-state index contributed by atoms with van der Waals surface area (Å²) in [4.78, 5) is 3.62. The molecule has 0 atom stereocenters. The topological polar surface area (TPSA) is 17.5 Å². The highest BCUT2D eigenvalue weighted by atomic mass is 16.5. The van der Waals surface area contributed by atoms with E-state index in [9.17, 15) is 0 Å². The number of hydrogen-bond acceptors (Lipinski definition) is 1. The van der Waals surface area contributed by atoms with Crippen LogP contribution in [0.5, 0.6) is 11.5 Å². The van der Waals surface area contributed by atoms with E-state index in [0.29, 0.717) is 12.5 Å². The summed E-state index contributed by atoms with van der Waals surface area (Å²) in [6.45, 7) is 16.5. The molecule has 0 radical (unpaired) electrons. The van der Waals surface area contributed by atoms with Gasteiger partial charge in [0.1, 0.15) is 12.8 Å². The van der Waals surface area contributed by atoms with Gasteiger partial charge in [-0.25, -0.2) is 6.57 Å². The molecule has 0 bridgehead atoms. The van der Waals surface area contributed by atoms with Crippen molar-refractivity contribution in [1.82, 2.24) is 0 Å². The molecule has 0 spiro atoms. The highest BCUT2D eigenvalue weighted by molar-refractivity contribution is 6.05. The van der Waals surface area contributed by atoms with Crippen LogP contribution >= 0.6 is 0 Å². The molecule has 0 aliphatic carbocycles. The molecular formula is C27H25N2O+. The monoisotopic (exact) mass is 393 g/mol. The molecule has 1 aromatic heterocycles. The van der Waals surface area contributed by atoms with Crippen molar-refractivity contribution in [1.29, 1.82) is 0 Å². The average molecular weight is 394 g/mol. The third-order valence-electron chi connectivity index (χ3n) is 6.50. The molecule has 30 heavy (non-hydrogen) atoms. The summed E-state index contributed by atoms with van der Waals surface area (Å²) in [5.74, 6) is 2.23. The van der Waals surface area contributed by atoms with Crippen LogP contribution in [0.25, 0.3) is 37.8 Å². The quantitative estimate of drug-likeness (QED) is 0.239. The fourth-order valence-corrected chi connectivity index (χ4v) is 4.73. The third kappa shape index (κ3) is 2.53. The molecule has 5 rings (SSSR count). The first-order chi connectivity index (χ1) is 14.4. The van der Waals surface area contributed by atoms with E-state index in [4.69, 9.17) is 11.3 Å². The number of benzene rings is 3. The van der Waals surface area contributed by atoms with Gasteiger partial charge in [-0.15, -0.1) is 0 Å². The SMILES string of the molecule is [C-]#[N+]Cc1cccc2c1cc1c([n+]2C)-c2c(C)c(C)cc3cc(C(C)C)cc(c23)O1. The molecule has 1 aliphatic heterocycles. The Bertz CT molecular complexity index is 1410. The van der Waals surface area contributed by atoms with Gasteiger partial charge in [0.25, 0.3) is 5.69 Å². The largest absolute Gasteiger partial charge is 0.450 e. The van der Waals surface area contributed by atoms with Gasteiger partial charge in [0.15, 0.2) is 5.75 Å². The lowest BCUT2D eigenvalue weighted by Crippen LogP contribution is -2.33. The number of fused-ring (bicyclic) bond motifs is 3. The molecule has 2 heterocycles. The van der Waals surface area contributed by atoms with E-state index in [0.717, 1.165) is 33.7 Å². The van der Waals surface area contributed by atoms with Crippen LogP contribution in [-0.4, -0.2) is 0 Å². The Morgan fingerprint density at radius 2 is 1.87 bits per heavy atom. The van der Waals surface area contributed by atoms with Crippen LogP contribution in [0, 0.1) is 20.4 Å². The third-order valence-corrected chi connectivity index (χ3v) is 6.50. The zero-order valence-corrected chi connectivity index (χ0v) is 18.1. The van der Waals surface area contributed by atoms with Crippen LogP contribution in [0.2, 0.25) is 0 Å². The van der Waals surface area contributed by atoms with Crippen molar-refractivity contribution in [3.63, 3.8) is 0 Å². The van der Waals surface area contributed by atoms with Gasteiger partial charge in [-0.2, -0.15) is 4.57 Å². The van der Waals surface area contributed by atoms with E-state index in [2.05, 4.69) is 74.5 Å². The van der Waals surface area contributed by atoms with Crippen molar-refractivity contribution >= 4 is 21.7 Å². The van der Waals surface area contributed by atoms with Crippen LogP contribution in [0.3, 0.4) is 0 Å². The standard InChI is InChI=1S/C27H25N2O/c1-15(2)19-11-20-10-16(3)17(4)25-26(20)23(12-19)30-24-13-21-18(14-28-5)8-7-9-22(21)29(6)27(24)25/h7-13,15H,14H2,1-4,6H3/q+1. The van der Waals surface area contributed by atoms with Crippen molar-refractivity contribution in [2.45, 2.75) is 40.2 Å². The van der Waals surface area contributed by atoms with Crippen LogP contribution in [0.15, 0.2) is 42.5 Å². The van der Waals surface area contributed by atoms with Crippen molar-refractivity contribution in [2.24, 2.45) is 7.05 Å². The summed E-state index contributed by atoms with van der Waals surface area (Å²) in [5.41, 5.74) is 8.40. The van der Waals surface area contributed by atoms with Gasteiger partial charge in [0, 0.05) is 23.1 Å². The second kappa shape index (κ2) is 6.57. The molecular weight excluding hydrogens is 368 g/mol. The maximum atomic E-state index is 7.33. The van der Waals surface area contributed by atoms with E-state index in [1.807, 2.05) is 12.1 Å². The predicted molar refractivity (Wildman–Crippen MR) is 122 cm³/mol. The number of ether oxygens (including phenoxy) is 1. The lowest BCUT2D eigenvalue weighted by Gasteiger charge is -2.24. The molecule has 3 heteroatoms. The van der Waals surface area contributed by atoms with E-state index in [1.54, 1.807) is 0 Å². The number of nitrogens with zero attached hydrogens (tertiary/aromatic N) is 2. The second-order valence-corrected chi connectivity index (χ2v) is 8.65. The molecule has 3 nitrogen and oxygen atoms in total. The molecule has 0 saturated heterocycles. The molecule has 0 amide bonds. The maximum absolute atomic E-state index is 7.33. The Kier molecular flexibility index (Phi) is 4.08. The average Bonchev–Trinajstić information content (AvgIpc) is 2.71. The number of aromatic nitrogens is 1. The maximum Gasteiger partial charge on any atom is 0.256 e. The Morgan fingerprint density at radius 1 is 1.07 bits per heavy atom. The van der Waals surface area contributed by atoms with Crippen LogP contribution < -0.4 is 9.30 Å². The first-order valence-corrected chi connectivity index (χ1v) is 10.4. The molecule has 148 valence electrons. The fourth-order valence-electron chi connectivity index (χ4n) is 4.73. The summed E-state index contributed by atoms with van der Waals surface area (Å²) < 4.78 is 8.79. The Hall–Kier alpha value is -3.38. The number of pyridine rings is 1. The molecule has 0 N–H and O–H groups in total. The van der Waals surface area contributed by atoms with Crippen molar-refractivity contribution in [2.75, 3.05) is 0 Å². The van der Waals surface area contributed by atoms with Gasteiger partial charge in [-0.05, 0) is 47.9 Å². The smallest absolute Gasteiger partial charge is 0.256 e. The summed E-state index contributed by atoms with van der Waals surface area (Å²) in [6.07, 6.45) is 0. The van der Waals surface area contributed by atoms with E-state index >= 15 is 0 Å². The normalized spacial score (nSPS) is 12.2. The van der Waals surface area contributed by atoms with Gasteiger partial charge >= 0.3 is 0 Å². The van der Waals surface area contributed by atoms with Gasteiger partial charge < -0.3 is 9.58 Å². The minimum Gasteiger partial charge on any atom is -0.450 e. The first kappa shape index (κ1) is 18.6. The van der Waals surface area contributed by atoms with Crippen LogP contribution in [0.1, 0.15) is 42.0 Å². The van der Waals surface area contributed by atoms with Gasteiger partial charge in [0.2, 0.25) is 12.1 Å². The van der Waals surface area contributed by atoms with Gasteiger partial charge in [-0.3, -0.25) is 0 Å². The van der Waals surface area contributed by atoms with Crippen molar-refractivity contribution in [3.05, 3.63) is 76.1 Å². The molecule has 4 aromatic rings. The lowest BCUT2D eigenvalue weighted by molar-refractivity contribution is -0.633. The van der Waals surface area contributed by atoms with Crippen LogP contribution in [-0.2, 0) is 13.6 Å². The minimum atomic E-state index is 0.373. The lowest BCUT2D eigenvalue weighted by atomic mass is 9.88. The summed E-state index contributed by atoms with van der Waals surface area (Å²) in [6, 6.07) is 15.1. The van der Waals surface area contributed by atoms with Gasteiger partial charge in [0.05, 0.1) is 10.9 Å². The Labute approximate surface area is 177 Å². The first-order valence-electron chi connectivity index (χ1n) is 10.4. The number of aryl methyl sites for hydroxylation is 2. The molecule has 0 saturated carbocycles. The zero-order chi connectivity index (χ0) is 21.2. The second-order valence-electron chi connectivity index (χ2n) is 8.65. The summed E-state index contributed by atoms with van der Waals surface area (Å²) in [7, 11) is 2.10. The highest BCUT2D eigenvalue weighted by Gasteiger charge is 2.32. The molecule has 3 aromatic carbocycles. The highest BCUT2D eigenvalue weighted by Crippen LogP contribution is 2.49. The summed E-state index contributed by atoms with van der Waals surface area (Å²) >= 11 is 0. The fraction of sp³-hybridized carbons (Fsp3) is 0.259. The van der Waals surface area contributed by atoms with E-state index < -0.39 is 0 Å². The Morgan fingerprint density at radius 3 is 2.60 bits per heavy atom. The number of rotatable bonds is 2. The predicted octanol–water partition coefficient (Wildman–Crippen LogP) is 6.75. The molecule has 1 aliphatic rings. The Balaban J connectivity index is 1.94. The van der Waals surface area contributed by atoms with Crippen molar-refractivity contribution < 1.29 is 9.30 Å². The van der Waals surface area contributed by atoms with Crippen LogP contribution in [0.4, 0.5) is 0 Å².